The predicted molar refractivity (Wildman–Crippen MR) is 106 cm³/mol. The second kappa shape index (κ2) is 7.34. The molecule has 3 rings (SSSR count). The van der Waals surface area contributed by atoms with E-state index in [1.165, 1.54) is 5.56 Å². The largest absolute Gasteiger partial charge is 0.463 e. The number of carbonyl (C=O) groups is 2. The molecule has 4 heteroatoms. The van der Waals surface area contributed by atoms with Crippen molar-refractivity contribution >= 4 is 11.8 Å². The molecule has 1 heterocycles. The van der Waals surface area contributed by atoms with Crippen molar-refractivity contribution in [2.75, 3.05) is 6.61 Å². The Morgan fingerprint density at radius 1 is 1.19 bits per heavy atom. The lowest BCUT2D eigenvalue weighted by Gasteiger charge is -2.34. The van der Waals surface area contributed by atoms with Crippen LogP contribution in [0.5, 0.6) is 0 Å². The minimum Gasteiger partial charge on any atom is -0.463 e. The van der Waals surface area contributed by atoms with Crippen molar-refractivity contribution in [1.82, 2.24) is 5.32 Å². The van der Waals surface area contributed by atoms with Gasteiger partial charge in [-0.05, 0) is 43.2 Å². The number of Topliss-reactive ketones (excluding diaryl/α,β-unsaturated/α-hetero) is 1. The lowest BCUT2D eigenvalue weighted by molar-refractivity contribution is -0.138. The number of rotatable bonds is 3. The molecule has 2 aliphatic rings. The molecule has 0 bridgehead atoms. The summed E-state index contributed by atoms with van der Waals surface area (Å²) < 4.78 is 5.33. The fourth-order valence-corrected chi connectivity index (χ4v) is 3.97. The molecule has 0 unspecified atom stereocenters. The zero-order valence-electron chi connectivity index (χ0n) is 16.9. The molecule has 0 saturated carbocycles. The summed E-state index contributed by atoms with van der Waals surface area (Å²) in [5.41, 5.74) is 5.27. The number of esters is 1. The van der Waals surface area contributed by atoms with Crippen LogP contribution >= 0.6 is 0 Å². The fourth-order valence-electron chi connectivity index (χ4n) is 3.97. The van der Waals surface area contributed by atoms with Crippen LogP contribution in [0.25, 0.3) is 0 Å². The second-order valence-corrected chi connectivity index (χ2v) is 8.36. The van der Waals surface area contributed by atoms with E-state index in [1.54, 1.807) is 6.92 Å². The first-order valence-corrected chi connectivity index (χ1v) is 9.75. The Labute approximate surface area is 161 Å². The predicted octanol–water partition coefficient (Wildman–Crippen LogP) is 4.52. The van der Waals surface area contributed by atoms with E-state index in [0.29, 0.717) is 18.6 Å². The first-order chi connectivity index (χ1) is 12.7. The first kappa shape index (κ1) is 19.4. The molecular formula is C23H29NO3. The maximum Gasteiger partial charge on any atom is 0.336 e. The zero-order chi connectivity index (χ0) is 19.8. The van der Waals surface area contributed by atoms with Crippen LogP contribution in [-0.2, 0) is 19.7 Å². The van der Waals surface area contributed by atoms with E-state index in [9.17, 15) is 9.59 Å². The number of dihydropyridines is 1. The van der Waals surface area contributed by atoms with Crippen LogP contribution in [0.2, 0.25) is 0 Å². The van der Waals surface area contributed by atoms with Gasteiger partial charge in [0.25, 0.3) is 0 Å². The summed E-state index contributed by atoms with van der Waals surface area (Å²) in [7, 11) is 0. The molecule has 0 radical (unpaired) electrons. The van der Waals surface area contributed by atoms with Gasteiger partial charge in [0.05, 0.1) is 12.2 Å². The number of carbonyl (C=O) groups excluding carboxylic acids is 2. The number of nitrogens with one attached hydrogen (secondary N) is 1. The SMILES string of the molecule is CCOC(=O)C1=C(C)NC2=C(C(=O)CCC2)[C@@H]1c1ccc(C(C)(C)C)cc1. The third-order valence-electron chi connectivity index (χ3n) is 5.38. The van der Waals surface area contributed by atoms with Crippen LogP contribution in [0.4, 0.5) is 0 Å². The van der Waals surface area contributed by atoms with Crippen LogP contribution in [0.15, 0.2) is 46.8 Å². The lowest BCUT2D eigenvalue weighted by Crippen LogP contribution is -2.34. The highest BCUT2D eigenvalue weighted by atomic mass is 16.5. The van der Waals surface area contributed by atoms with E-state index < -0.39 is 0 Å². The number of hydrogen-bond acceptors (Lipinski definition) is 4. The van der Waals surface area contributed by atoms with Crippen molar-refractivity contribution in [3.63, 3.8) is 0 Å². The Balaban J connectivity index is 2.12. The Hall–Kier alpha value is -2.36. The fraction of sp³-hybridized carbons (Fsp3) is 0.478. The molecule has 0 spiro atoms. The van der Waals surface area contributed by atoms with Gasteiger partial charge in [0.15, 0.2) is 5.78 Å². The van der Waals surface area contributed by atoms with Crippen molar-refractivity contribution in [2.24, 2.45) is 0 Å². The van der Waals surface area contributed by atoms with E-state index >= 15 is 0 Å². The maximum absolute atomic E-state index is 12.8. The molecule has 0 saturated heterocycles. The van der Waals surface area contributed by atoms with Crippen molar-refractivity contribution < 1.29 is 14.3 Å². The Kier molecular flexibility index (Phi) is 5.27. The van der Waals surface area contributed by atoms with Crippen molar-refractivity contribution in [3.05, 3.63) is 57.9 Å². The Morgan fingerprint density at radius 3 is 2.44 bits per heavy atom. The summed E-state index contributed by atoms with van der Waals surface area (Å²) in [6.45, 7) is 10.5. The van der Waals surface area contributed by atoms with Gasteiger partial charge in [-0.25, -0.2) is 4.79 Å². The number of benzene rings is 1. The van der Waals surface area contributed by atoms with Crippen LogP contribution < -0.4 is 5.32 Å². The average Bonchev–Trinajstić information content (AvgIpc) is 2.60. The third kappa shape index (κ3) is 3.71. The van der Waals surface area contributed by atoms with Gasteiger partial charge in [-0.2, -0.15) is 0 Å². The normalized spacial score (nSPS) is 20.3. The molecule has 1 aromatic rings. The number of ketones is 1. The standard InChI is InChI=1S/C23H29NO3/c1-6-27-22(26)19-14(2)24-17-8-7-9-18(25)21(17)20(19)15-10-12-16(13-11-15)23(3,4)5/h10-13,20,24H,6-9H2,1-5H3/t20-/m1/s1. The molecule has 1 N–H and O–H groups in total. The summed E-state index contributed by atoms with van der Waals surface area (Å²) in [5, 5.41) is 3.31. The summed E-state index contributed by atoms with van der Waals surface area (Å²) in [5.74, 6) is -0.581. The molecule has 1 aromatic carbocycles. The minimum atomic E-state index is -0.359. The van der Waals surface area contributed by atoms with Crippen molar-refractivity contribution in [3.8, 4) is 0 Å². The van der Waals surface area contributed by atoms with E-state index in [-0.39, 0.29) is 23.1 Å². The highest BCUT2D eigenvalue weighted by Gasteiger charge is 2.39. The Morgan fingerprint density at radius 2 is 1.85 bits per heavy atom. The second-order valence-electron chi connectivity index (χ2n) is 8.36. The van der Waals surface area contributed by atoms with E-state index in [1.807, 2.05) is 6.92 Å². The monoisotopic (exact) mass is 367 g/mol. The molecule has 1 aliphatic carbocycles. The number of hydrogen-bond donors (Lipinski definition) is 1. The van der Waals surface area contributed by atoms with Crippen LogP contribution in [0.1, 0.15) is 70.9 Å². The molecule has 0 aromatic heterocycles. The van der Waals surface area contributed by atoms with Crippen LogP contribution in [0, 0.1) is 0 Å². The minimum absolute atomic E-state index is 0.0491. The zero-order valence-corrected chi connectivity index (χ0v) is 16.9. The molecule has 1 aliphatic heterocycles. The van der Waals surface area contributed by atoms with Gasteiger partial charge >= 0.3 is 5.97 Å². The van der Waals surface area contributed by atoms with Gasteiger partial charge in [0.2, 0.25) is 0 Å². The summed E-state index contributed by atoms with van der Waals surface area (Å²) in [6.07, 6.45) is 2.22. The summed E-state index contributed by atoms with van der Waals surface area (Å²) in [6, 6.07) is 8.30. The van der Waals surface area contributed by atoms with E-state index in [4.69, 9.17) is 4.74 Å². The quantitative estimate of drug-likeness (QED) is 0.799. The molecule has 4 nitrogen and oxygen atoms in total. The van der Waals surface area contributed by atoms with E-state index in [2.05, 4.69) is 50.4 Å². The molecular weight excluding hydrogens is 338 g/mol. The molecule has 0 fully saturated rings. The molecule has 144 valence electrons. The molecule has 27 heavy (non-hydrogen) atoms. The highest BCUT2D eigenvalue weighted by molar-refractivity contribution is 6.03. The average molecular weight is 367 g/mol. The van der Waals surface area contributed by atoms with Crippen LogP contribution in [0.3, 0.4) is 0 Å². The van der Waals surface area contributed by atoms with Gasteiger partial charge < -0.3 is 10.1 Å². The van der Waals surface area contributed by atoms with Gasteiger partial charge in [-0.15, -0.1) is 0 Å². The Bertz CT molecular complexity index is 822. The van der Waals surface area contributed by atoms with E-state index in [0.717, 1.165) is 35.4 Å². The topological polar surface area (TPSA) is 55.4 Å². The third-order valence-corrected chi connectivity index (χ3v) is 5.38. The smallest absolute Gasteiger partial charge is 0.336 e. The molecule has 1 atom stereocenters. The van der Waals surface area contributed by atoms with Crippen molar-refractivity contribution in [1.29, 1.82) is 0 Å². The first-order valence-electron chi connectivity index (χ1n) is 9.75. The summed E-state index contributed by atoms with van der Waals surface area (Å²) in [4.78, 5) is 25.5. The van der Waals surface area contributed by atoms with Crippen LogP contribution in [-0.4, -0.2) is 18.4 Å². The number of allylic oxidation sites excluding steroid dienone is 3. The summed E-state index contributed by atoms with van der Waals surface area (Å²) >= 11 is 0. The van der Waals surface area contributed by atoms with Gasteiger partial charge in [-0.1, -0.05) is 45.0 Å². The maximum atomic E-state index is 12.8. The van der Waals surface area contributed by atoms with Gasteiger partial charge in [-0.3, -0.25) is 4.79 Å². The highest BCUT2D eigenvalue weighted by Crippen LogP contribution is 2.42. The van der Waals surface area contributed by atoms with Gasteiger partial charge in [0.1, 0.15) is 0 Å². The lowest BCUT2D eigenvalue weighted by atomic mass is 9.74. The van der Waals surface area contributed by atoms with Gasteiger partial charge in [0, 0.05) is 29.3 Å². The number of ether oxygens (including phenoxy) is 1. The van der Waals surface area contributed by atoms with Crippen molar-refractivity contribution in [2.45, 2.75) is 65.2 Å². The molecule has 0 amide bonds.